The molecule has 0 saturated heterocycles. The molecule has 32 heavy (non-hydrogen) atoms. The highest BCUT2D eigenvalue weighted by Gasteiger charge is 2.39. The van der Waals surface area contributed by atoms with Crippen molar-refractivity contribution >= 4 is 0 Å². The van der Waals surface area contributed by atoms with E-state index in [-0.39, 0.29) is 5.41 Å². The standard InChI is InChI=1S/C30H42N2/c1-4-6-7-8-9-10-17-22-28(29-31-23-24-32(29)5-2)30(3,27-20-15-12-16-21-27)25-26-18-13-11-14-19-26/h11-16,18-21,23-24,28H,4-10,17,22,25H2,1-3H3. The lowest BCUT2D eigenvalue weighted by atomic mass is 9.66. The van der Waals surface area contributed by atoms with Gasteiger partial charge in [0.05, 0.1) is 0 Å². The van der Waals surface area contributed by atoms with Crippen LogP contribution in [0.4, 0.5) is 0 Å². The van der Waals surface area contributed by atoms with Crippen molar-refractivity contribution in [1.82, 2.24) is 9.55 Å². The van der Waals surface area contributed by atoms with E-state index in [9.17, 15) is 0 Å². The van der Waals surface area contributed by atoms with Gasteiger partial charge in [0.15, 0.2) is 0 Å². The summed E-state index contributed by atoms with van der Waals surface area (Å²) in [5, 5.41) is 0. The summed E-state index contributed by atoms with van der Waals surface area (Å²) in [5.41, 5.74) is 2.81. The van der Waals surface area contributed by atoms with Crippen LogP contribution in [0.25, 0.3) is 0 Å². The first-order valence-corrected chi connectivity index (χ1v) is 12.8. The van der Waals surface area contributed by atoms with E-state index in [1.807, 2.05) is 6.20 Å². The van der Waals surface area contributed by atoms with Gasteiger partial charge in [-0.3, -0.25) is 0 Å². The largest absolute Gasteiger partial charge is 0.335 e. The Morgan fingerprint density at radius 3 is 2.09 bits per heavy atom. The lowest BCUT2D eigenvalue weighted by Gasteiger charge is -2.39. The van der Waals surface area contributed by atoms with E-state index >= 15 is 0 Å². The molecule has 1 heterocycles. The molecule has 0 spiro atoms. The molecule has 2 heteroatoms. The third kappa shape index (κ3) is 6.34. The second kappa shape index (κ2) is 12.6. The Morgan fingerprint density at radius 2 is 1.44 bits per heavy atom. The second-order valence-electron chi connectivity index (χ2n) is 9.48. The van der Waals surface area contributed by atoms with Crippen LogP contribution >= 0.6 is 0 Å². The quantitative estimate of drug-likeness (QED) is 0.235. The van der Waals surface area contributed by atoms with Crippen LogP contribution in [0.1, 0.15) is 95.0 Å². The van der Waals surface area contributed by atoms with Crippen molar-refractivity contribution in [2.75, 3.05) is 0 Å². The van der Waals surface area contributed by atoms with Crippen LogP contribution in [0, 0.1) is 0 Å². The molecule has 0 radical (unpaired) electrons. The van der Waals surface area contributed by atoms with Gasteiger partial charge in [0.1, 0.15) is 5.82 Å². The number of imidazole rings is 1. The summed E-state index contributed by atoms with van der Waals surface area (Å²) < 4.78 is 2.36. The Morgan fingerprint density at radius 1 is 0.812 bits per heavy atom. The molecule has 3 aromatic rings. The van der Waals surface area contributed by atoms with E-state index < -0.39 is 0 Å². The first-order chi connectivity index (χ1) is 15.7. The fraction of sp³-hybridized carbons (Fsp3) is 0.500. The van der Waals surface area contributed by atoms with Crippen molar-refractivity contribution in [2.45, 2.75) is 96.4 Å². The van der Waals surface area contributed by atoms with Crippen LogP contribution in [-0.4, -0.2) is 9.55 Å². The summed E-state index contributed by atoms with van der Waals surface area (Å²) in [6.07, 6.45) is 15.8. The molecule has 2 unspecified atom stereocenters. The van der Waals surface area contributed by atoms with E-state index in [4.69, 9.17) is 4.98 Å². The normalized spacial score (nSPS) is 14.2. The number of unbranched alkanes of at least 4 members (excludes halogenated alkanes) is 6. The summed E-state index contributed by atoms with van der Waals surface area (Å²) in [4.78, 5) is 4.92. The van der Waals surface area contributed by atoms with Crippen molar-refractivity contribution in [3.05, 3.63) is 90.0 Å². The lowest BCUT2D eigenvalue weighted by molar-refractivity contribution is 0.323. The average Bonchev–Trinajstić information content (AvgIpc) is 3.30. The summed E-state index contributed by atoms with van der Waals surface area (Å²) in [7, 11) is 0. The summed E-state index contributed by atoms with van der Waals surface area (Å²) in [5.74, 6) is 1.64. The maximum absolute atomic E-state index is 4.92. The van der Waals surface area contributed by atoms with E-state index in [1.165, 1.54) is 68.3 Å². The summed E-state index contributed by atoms with van der Waals surface area (Å²) >= 11 is 0. The molecule has 0 aliphatic heterocycles. The van der Waals surface area contributed by atoms with Gasteiger partial charge >= 0.3 is 0 Å². The van der Waals surface area contributed by atoms with Crippen LogP contribution in [0.3, 0.4) is 0 Å². The predicted molar refractivity (Wildman–Crippen MR) is 137 cm³/mol. The SMILES string of the molecule is CCCCCCCCCC(c1nccn1CC)C(C)(Cc1ccccc1)c1ccccc1. The van der Waals surface area contributed by atoms with Gasteiger partial charge in [0.25, 0.3) is 0 Å². The predicted octanol–water partition coefficient (Wildman–Crippen LogP) is 8.33. The van der Waals surface area contributed by atoms with Crippen LogP contribution in [-0.2, 0) is 18.4 Å². The first kappa shape index (κ1) is 24.3. The molecule has 172 valence electrons. The molecule has 0 amide bonds. The zero-order valence-electron chi connectivity index (χ0n) is 20.5. The highest BCUT2D eigenvalue weighted by molar-refractivity contribution is 5.33. The average molecular weight is 431 g/mol. The number of aryl methyl sites for hydroxylation is 1. The Hall–Kier alpha value is -2.35. The zero-order valence-corrected chi connectivity index (χ0v) is 20.5. The highest BCUT2D eigenvalue weighted by Crippen LogP contribution is 2.44. The monoisotopic (exact) mass is 430 g/mol. The fourth-order valence-corrected chi connectivity index (χ4v) is 5.20. The molecule has 2 atom stereocenters. The minimum Gasteiger partial charge on any atom is -0.335 e. The molecule has 2 aromatic carbocycles. The van der Waals surface area contributed by atoms with E-state index in [1.54, 1.807) is 0 Å². The van der Waals surface area contributed by atoms with Gasteiger partial charge in [0.2, 0.25) is 0 Å². The van der Waals surface area contributed by atoms with Crippen LogP contribution in [0.15, 0.2) is 73.1 Å². The third-order valence-electron chi connectivity index (χ3n) is 7.11. The van der Waals surface area contributed by atoms with E-state index in [0.717, 1.165) is 13.0 Å². The smallest absolute Gasteiger partial charge is 0.112 e. The number of nitrogens with zero attached hydrogens (tertiary/aromatic N) is 2. The maximum atomic E-state index is 4.92. The Bertz CT molecular complexity index is 883. The van der Waals surface area contributed by atoms with Crippen molar-refractivity contribution in [3.8, 4) is 0 Å². The number of benzene rings is 2. The molecule has 0 aliphatic rings. The number of aromatic nitrogens is 2. The molecule has 0 saturated carbocycles. The Balaban J connectivity index is 1.88. The van der Waals surface area contributed by atoms with Gasteiger partial charge in [-0.15, -0.1) is 0 Å². The van der Waals surface area contributed by atoms with Gasteiger partial charge in [-0.1, -0.05) is 119 Å². The highest BCUT2D eigenvalue weighted by atomic mass is 15.1. The molecule has 0 aliphatic carbocycles. The molecule has 3 rings (SSSR count). The minimum absolute atomic E-state index is 0.0108. The van der Waals surface area contributed by atoms with Crippen molar-refractivity contribution < 1.29 is 0 Å². The Kier molecular flexibility index (Phi) is 9.59. The van der Waals surface area contributed by atoms with Gasteiger partial charge in [-0.05, 0) is 30.9 Å². The lowest BCUT2D eigenvalue weighted by Crippen LogP contribution is -2.35. The Labute approximate surface area is 196 Å². The topological polar surface area (TPSA) is 17.8 Å². The van der Waals surface area contributed by atoms with E-state index in [2.05, 4.69) is 92.2 Å². The molecule has 2 nitrogen and oxygen atoms in total. The van der Waals surface area contributed by atoms with Crippen molar-refractivity contribution in [1.29, 1.82) is 0 Å². The van der Waals surface area contributed by atoms with Gasteiger partial charge in [-0.2, -0.15) is 0 Å². The molecular weight excluding hydrogens is 388 g/mol. The zero-order chi connectivity index (χ0) is 22.7. The second-order valence-corrected chi connectivity index (χ2v) is 9.48. The summed E-state index contributed by atoms with van der Waals surface area (Å²) in [6, 6.07) is 22.1. The van der Waals surface area contributed by atoms with Crippen LogP contribution < -0.4 is 0 Å². The van der Waals surface area contributed by atoms with E-state index in [0.29, 0.717) is 5.92 Å². The molecular formula is C30H42N2. The first-order valence-electron chi connectivity index (χ1n) is 12.8. The number of rotatable bonds is 14. The number of hydrogen-bond acceptors (Lipinski definition) is 1. The van der Waals surface area contributed by atoms with Crippen molar-refractivity contribution in [2.24, 2.45) is 0 Å². The van der Waals surface area contributed by atoms with Gasteiger partial charge in [0, 0.05) is 30.3 Å². The fourth-order valence-electron chi connectivity index (χ4n) is 5.20. The molecule has 0 fully saturated rings. The molecule has 0 bridgehead atoms. The molecule has 0 N–H and O–H groups in total. The van der Waals surface area contributed by atoms with Crippen LogP contribution in [0.2, 0.25) is 0 Å². The van der Waals surface area contributed by atoms with Gasteiger partial charge in [-0.25, -0.2) is 4.98 Å². The third-order valence-corrected chi connectivity index (χ3v) is 7.11. The maximum Gasteiger partial charge on any atom is 0.112 e. The van der Waals surface area contributed by atoms with Crippen LogP contribution in [0.5, 0.6) is 0 Å². The molecule has 1 aromatic heterocycles. The van der Waals surface area contributed by atoms with Gasteiger partial charge < -0.3 is 4.57 Å². The minimum atomic E-state index is -0.0108. The van der Waals surface area contributed by atoms with Crippen molar-refractivity contribution in [3.63, 3.8) is 0 Å². The number of hydrogen-bond donors (Lipinski definition) is 0. The summed E-state index contributed by atoms with van der Waals surface area (Å²) in [6.45, 7) is 7.96.